The fourth-order valence-electron chi connectivity index (χ4n) is 3.00. The highest BCUT2D eigenvalue weighted by atomic mass is 19.2. The van der Waals surface area contributed by atoms with E-state index in [0.29, 0.717) is 22.7 Å². The van der Waals surface area contributed by atoms with Crippen LogP contribution in [0, 0.1) is 11.6 Å². The lowest BCUT2D eigenvalue weighted by atomic mass is 10.1. The average molecular weight is 382 g/mol. The molecule has 0 radical (unpaired) electrons. The molecule has 1 heterocycles. The van der Waals surface area contributed by atoms with Gasteiger partial charge in [-0.05, 0) is 24.3 Å². The van der Waals surface area contributed by atoms with Crippen LogP contribution in [0.5, 0.6) is 5.75 Å². The molecular weight excluding hydrogens is 366 g/mol. The molecule has 28 heavy (non-hydrogen) atoms. The number of amides is 1. The summed E-state index contributed by atoms with van der Waals surface area (Å²) in [6, 6.07) is 14.5. The van der Waals surface area contributed by atoms with E-state index in [4.69, 9.17) is 9.15 Å². The zero-order valence-corrected chi connectivity index (χ0v) is 14.9. The minimum Gasteiger partial charge on any atom is -0.495 e. The molecule has 0 saturated heterocycles. The third-order valence-electron chi connectivity index (χ3n) is 4.35. The van der Waals surface area contributed by atoms with E-state index in [9.17, 15) is 13.6 Å². The van der Waals surface area contributed by atoms with Crippen LogP contribution in [0.25, 0.3) is 21.9 Å². The van der Waals surface area contributed by atoms with Crippen LogP contribution in [-0.4, -0.2) is 19.6 Å². The number of anilines is 2. The second kappa shape index (κ2) is 7.19. The monoisotopic (exact) mass is 382 g/mol. The van der Waals surface area contributed by atoms with Crippen LogP contribution in [0.15, 0.2) is 59.0 Å². The highest BCUT2D eigenvalue weighted by Crippen LogP contribution is 2.36. The number of halogens is 2. The number of hydrogen-bond acceptors (Lipinski definition) is 4. The molecule has 2 N–H and O–H groups in total. The smallest absolute Gasteiger partial charge is 0.243 e. The maximum absolute atomic E-state index is 13.2. The van der Waals surface area contributed by atoms with Crippen molar-refractivity contribution in [2.24, 2.45) is 0 Å². The lowest BCUT2D eigenvalue weighted by molar-refractivity contribution is -0.114. The third kappa shape index (κ3) is 3.34. The second-order valence-corrected chi connectivity index (χ2v) is 6.18. The molecular formula is C21H16F2N2O3. The van der Waals surface area contributed by atoms with E-state index >= 15 is 0 Å². The molecule has 5 nitrogen and oxygen atoms in total. The molecule has 142 valence electrons. The van der Waals surface area contributed by atoms with Gasteiger partial charge >= 0.3 is 0 Å². The van der Waals surface area contributed by atoms with Crippen LogP contribution in [0.4, 0.5) is 20.2 Å². The van der Waals surface area contributed by atoms with E-state index < -0.39 is 11.6 Å². The minimum atomic E-state index is -0.984. The van der Waals surface area contributed by atoms with Crippen molar-refractivity contribution in [2.45, 2.75) is 0 Å². The maximum atomic E-state index is 13.2. The molecule has 0 aliphatic rings. The summed E-state index contributed by atoms with van der Waals surface area (Å²) in [4.78, 5) is 12.3. The predicted molar refractivity (Wildman–Crippen MR) is 104 cm³/mol. The van der Waals surface area contributed by atoms with Crippen LogP contribution in [0.2, 0.25) is 0 Å². The molecule has 7 heteroatoms. The molecule has 0 unspecified atom stereocenters. The summed E-state index contributed by atoms with van der Waals surface area (Å²) in [6.07, 6.45) is 0. The van der Waals surface area contributed by atoms with E-state index in [1.807, 2.05) is 24.3 Å². The van der Waals surface area contributed by atoms with Gasteiger partial charge < -0.3 is 19.8 Å². The zero-order chi connectivity index (χ0) is 19.7. The second-order valence-electron chi connectivity index (χ2n) is 6.18. The zero-order valence-electron chi connectivity index (χ0n) is 14.9. The van der Waals surface area contributed by atoms with Gasteiger partial charge in [-0.15, -0.1) is 0 Å². The number of nitrogens with one attached hydrogen (secondary N) is 2. The molecule has 0 aliphatic carbocycles. The van der Waals surface area contributed by atoms with Crippen molar-refractivity contribution >= 4 is 39.2 Å². The van der Waals surface area contributed by atoms with Gasteiger partial charge in [0.2, 0.25) is 5.91 Å². The Morgan fingerprint density at radius 2 is 1.82 bits per heavy atom. The van der Waals surface area contributed by atoms with Gasteiger partial charge in [0.1, 0.15) is 16.9 Å². The Kier molecular flexibility index (Phi) is 4.57. The fourth-order valence-corrected chi connectivity index (χ4v) is 3.00. The molecule has 0 bridgehead atoms. The first-order valence-electron chi connectivity index (χ1n) is 8.53. The maximum Gasteiger partial charge on any atom is 0.243 e. The van der Waals surface area contributed by atoms with Gasteiger partial charge in [0, 0.05) is 28.6 Å². The molecule has 4 aromatic rings. The van der Waals surface area contributed by atoms with Gasteiger partial charge in [-0.25, -0.2) is 8.78 Å². The molecule has 0 atom stereocenters. The Hall–Kier alpha value is -3.61. The Morgan fingerprint density at radius 3 is 2.61 bits per heavy atom. The summed E-state index contributed by atoms with van der Waals surface area (Å²) in [7, 11) is 1.51. The van der Waals surface area contributed by atoms with Crippen molar-refractivity contribution in [1.29, 1.82) is 0 Å². The van der Waals surface area contributed by atoms with Crippen LogP contribution in [0.1, 0.15) is 0 Å². The number of methoxy groups -OCH3 is 1. The van der Waals surface area contributed by atoms with Crippen molar-refractivity contribution in [3.63, 3.8) is 0 Å². The summed E-state index contributed by atoms with van der Waals surface area (Å²) in [5.41, 5.74) is 2.11. The lowest BCUT2D eigenvalue weighted by Crippen LogP contribution is -2.22. The van der Waals surface area contributed by atoms with Crippen molar-refractivity contribution in [1.82, 2.24) is 0 Å². The molecule has 1 aromatic heterocycles. The number of para-hydroxylation sites is 1. The Balaban J connectivity index is 1.55. The van der Waals surface area contributed by atoms with E-state index in [2.05, 4.69) is 10.6 Å². The quantitative estimate of drug-likeness (QED) is 0.514. The van der Waals surface area contributed by atoms with Crippen molar-refractivity contribution in [2.75, 3.05) is 24.3 Å². The molecule has 0 fully saturated rings. The van der Waals surface area contributed by atoms with E-state index in [-0.39, 0.29) is 12.5 Å². The number of carbonyl (C=O) groups excluding carboxylic acids is 1. The first-order valence-corrected chi connectivity index (χ1v) is 8.53. The minimum absolute atomic E-state index is 0.133. The SMILES string of the molecule is COc1cc2c(cc1NC(=O)CNc1ccc(F)c(F)c1)oc1ccccc12. The topological polar surface area (TPSA) is 63.5 Å². The largest absolute Gasteiger partial charge is 0.495 e. The van der Waals surface area contributed by atoms with E-state index in [1.165, 1.54) is 13.2 Å². The van der Waals surface area contributed by atoms with E-state index in [1.54, 1.807) is 12.1 Å². The van der Waals surface area contributed by atoms with Crippen molar-refractivity contribution < 1.29 is 22.7 Å². The molecule has 3 aromatic carbocycles. The number of benzene rings is 3. The summed E-state index contributed by atoms with van der Waals surface area (Å²) in [5.74, 6) is -1.82. The molecule has 0 aliphatic heterocycles. The first kappa shape index (κ1) is 17.8. The molecule has 0 spiro atoms. The predicted octanol–water partition coefficient (Wildman–Crippen LogP) is 4.92. The van der Waals surface area contributed by atoms with Crippen LogP contribution in [0.3, 0.4) is 0 Å². The molecule has 4 rings (SSSR count). The van der Waals surface area contributed by atoms with Gasteiger partial charge in [0.25, 0.3) is 0 Å². The van der Waals surface area contributed by atoms with Crippen LogP contribution < -0.4 is 15.4 Å². The Morgan fingerprint density at radius 1 is 1.00 bits per heavy atom. The number of fused-ring (bicyclic) bond motifs is 3. The summed E-state index contributed by atoms with van der Waals surface area (Å²) in [6.45, 7) is -0.133. The number of ether oxygens (including phenoxy) is 1. The summed E-state index contributed by atoms with van der Waals surface area (Å²) < 4.78 is 37.4. The number of carbonyl (C=O) groups is 1. The van der Waals surface area contributed by atoms with Crippen molar-refractivity contribution in [3.05, 3.63) is 66.2 Å². The van der Waals surface area contributed by atoms with Crippen LogP contribution >= 0.6 is 0 Å². The van der Waals surface area contributed by atoms with E-state index in [0.717, 1.165) is 28.5 Å². The number of furan rings is 1. The summed E-state index contributed by atoms with van der Waals surface area (Å²) >= 11 is 0. The number of hydrogen-bond donors (Lipinski definition) is 2. The highest BCUT2D eigenvalue weighted by molar-refractivity contribution is 6.08. The standard InChI is InChI=1S/C21H16F2N2O3/c1-27-20-9-14-13-4-2-3-5-18(13)28-19(14)10-17(20)25-21(26)11-24-12-6-7-15(22)16(23)8-12/h2-10,24H,11H2,1H3,(H,25,26). The average Bonchev–Trinajstić information content (AvgIpc) is 3.05. The first-order chi connectivity index (χ1) is 13.5. The van der Waals surface area contributed by atoms with Gasteiger partial charge in [-0.2, -0.15) is 0 Å². The lowest BCUT2D eigenvalue weighted by Gasteiger charge is -2.11. The van der Waals surface area contributed by atoms with Crippen molar-refractivity contribution in [3.8, 4) is 5.75 Å². The van der Waals surface area contributed by atoms with Gasteiger partial charge in [0.15, 0.2) is 11.6 Å². The highest BCUT2D eigenvalue weighted by Gasteiger charge is 2.14. The van der Waals surface area contributed by atoms with Crippen LogP contribution in [-0.2, 0) is 4.79 Å². The Bertz CT molecular complexity index is 1190. The third-order valence-corrected chi connectivity index (χ3v) is 4.35. The summed E-state index contributed by atoms with van der Waals surface area (Å²) in [5, 5.41) is 7.32. The fraction of sp³-hybridized carbons (Fsp3) is 0.0952. The normalized spacial score (nSPS) is 11.0. The Labute approximate surface area is 158 Å². The molecule has 0 saturated carbocycles. The van der Waals surface area contributed by atoms with Gasteiger partial charge in [-0.1, -0.05) is 18.2 Å². The van der Waals surface area contributed by atoms with Gasteiger partial charge in [0.05, 0.1) is 19.3 Å². The number of rotatable bonds is 5. The molecule has 1 amide bonds. The van der Waals surface area contributed by atoms with Gasteiger partial charge in [-0.3, -0.25) is 4.79 Å².